The van der Waals surface area contributed by atoms with Gasteiger partial charge in [-0.05, 0) is 42.3 Å². The van der Waals surface area contributed by atoms with E-state index in [2.05, 4.69) is 15.1 Å². The number of aromatic nitrogens is 2. The lowest BCUT2D eigenvalue weighted by Crippen LogP contribution is -2.33. The highest BCUT2D eigenvalue weighted by Crippen LogP contribution is 2.36. The molecular formula is C20H18ClN3O3. The fourth-order valence-corrected chi connectivity index (χ4v) is 3.50. The molecule has 3 aromatic rings. The van der Waals surface area contributed by atoms with Crippen LogP contribution in [0.15, 0.2) is 52.9 Å². The van der Waals surface area contributed by atoms with Crippen molar-refractivity contribution in [3.8, 4) is 11.5 Å². The van der Waals surface area contributed by atoms with Crippen molar-refractivity contribution in [2.24, 2.45) is 0 Å². The Morgan fingerprint density at radius 1 is 1.22 bits per heavy atom. The van der Waals surface area contributed by atoms with Crippen LogP contribution in [0.1, 0.15) is 23.8 Å². The number of halogens is 1. The number of hydrogen-bond donors (Lipinski definition) is 0. The van der Waals surface area contributed by atoms with Crippen LogP contribution < -0.4 is 4.90 Å². The van der Waals surface area contributed by atoms with Crippen LogP contribution in [0.3, 0.4) is 0 Å². The number of anilines is 1. The summed E-state index contributed by atoms with van der Waals surface area (Å²) >= 11 is 5.92. The fraction of sp³-hybridized carbons (Fsp3) is 0.250. The Labute approximate surface area is 161 Å². The number of esters is 1. The van der Waals surface area contributed by atoms with Crippen molar-refractivity contribution in [3.05, 3.63) is 65.0 Å². The Morgan fingerprint density at radius 2 is 2.00 bits per heavy atom. The first kappa shape index (κ1) is 17.5. The van der Waals surface area contributed by atoms with Gasteiger partial charge in [-0.3, -0.25) is 4.79 Å². The van der Waals surface area contributed by atoms with Gasteiger partial charge in [-0.1, -0.05) is 29.8 Å². The Hall–Kier alpha value is -2.86. The quantitative estimate of drug-likeness (QED) is 0.633. The molecule has 0 unspecified atom stereocenters. The van der Waals surface area contributed by atoms with Crippen molar-refractivity contribution in [1.29, 1.82) is 0 Å². The third-order valence-electron chi connectivity index (χ3n) is 4.71. The number of methoxy groups -OCH3 is 1. The summed E-state index contributed by atoms with van der Waals surface area (Å²) in [5.74, 6) is 0.533. The summed E-state index contributed by atoms with van der Waals surface area (Å²) < 4.78 is 10.8. The summed E-state index contributed by atoms with van der Waals surface area (Å²) in [6.07, 6.45) is 0.682. The van der Waals surface area contributed by atoms with Crippen molar-refractivity contribution in [2.75, 3.05) is 18.6 Å². The van der Waals surface area contributed by atoms with Gasteiger partial charge >= 0.3 is 5.97 Å². The number of carbonyl (C=O) groups excluding carboxylic acids is 1. The Bertz CT molecular complexity index is 955. The van der Waals surface area contributed by atoms with E-state index < -0.39 is 0 Å². The molecule has 0 amide bonds. The molecule has 0 spiro atoms. The molecule has 2 aromatic carbocycles. The molecular weight excluding hydrogens is 366 g/mol. The van der Waals surface area contributed by atoms with Crippen molar-refractivity contribution in [3.63, 3.8) is 0 Å². The molecule has 0 saturated carbocycles. The number of rotatable bonds is 4. The Balaban J connectivity index is 1.56. The highest BCUT2D eigenvalue weighted by molar-refractivity contribution is 6.30. The van der Waals surface area contributed by atoms with Crippen molar-refractivity contribution in [1.82, 2.24) is 10.2 Å². The first-order valence-electron chi connectivity index (χ1n) is 8.65. The van der Waals surface area contributed by atoms with Gasteiger partial charge in [0.15, 0.2) is 0 Å². The molecule has 138 valence electrons. The first-order valence-corrected chi connectivity index (χ1v) is 9.03. The molecule has 0 bridgehead atoms. The van der Waals surface area contributed by atoms with Crippen LogP contribution in [-0.4, -0.2) is 29.8 Å². The average molecular weight is 384 g/mol. The van der Waals surface area contributed by atoms with E-state index in [-0.39, 0.29) is 11.9 Å². The summed E-state index contributed by atoms with van der Waals surface area (Å²) in [5, 5.41) is 8.96. The standard InChI is InChI=1S/C20H18ClN3O3/c1-26-20(25)16-10-11-24(17-5-3-2-4-15(16)17)12-18-22-23-19(27-18)13-6-8-14(21)9-7-13/h2-9,16H,10-12H2,1H3/t16-/m1/s1. The molecule has 1 aromatic heterocycles. The van der Waals surface area contributed by atoms with E-state index in [1.165, 1.54) is 7.11 Å². The van der Waals surface area contributed by atoms with Crippen LogP contribution >= 0.6 is 11.6 Å². The lowest BCUT2D eigenvalue weighted by Gasteiger charge is -2.33. The SMILES string of the molecule is COC(=O)[C@@H]1CCN(Cc2nnc(-c3ccc(Cl)cc3)o2)c2ccccc21. The maximum atomic E-state index is 12.1. The van der Waals surface area contributed by atoms with E-state index in [0.717, 1.165) is 16.8 Å². The lowest BCUT2D eigenvalue weighted by atomic mass is 9.90. The number of fused-ring (bicyclic) bond motifs is 1. The smallest absolute Gasteiger partial charge is 0.313 e. The van der Waals surface area contributed by atoms with Gasteiger partial charge in [-0.25, -0.2) is 0 Å². The molecule has 0 fully saturated rings. The van der Waals surface area contributed by atoms with E-state index in [4.69, 9.17) is 20.8 Å². The van der Waals surface area contributed by atoms with Gasteiger partial charge in [0.05, 0.1) is 19.6 Å². The van der Waals surface area contributed by atoms with Crippen LogP contribution in [0.5, 0.6) is 0 Å². The lowest BCUT2D eigenvalue weighted by molar-refractivity contribution is -0.142. The van der Waals surface area contributed by atoms with E-state index in [1.807, 2.05) is 36.4 Å². The van der Waals surface area contributed by atoms with Gasteiger partial charge in [0.1, 0.15) is 0 Å². The minimum Gasteiger partial charge on any atom is -0.469 e. The second kappa shape index (κ2) is 7.40. The third kappa shape index (κ3) is 3.53. The Kier molecular flexibility index (Phi) is 4.81. The number of para-hydroxylation sites is 1. The molecule has 1 atom stereocenters. The van der Waals surface area contributed by atoms with Gasteiger partial charge < -0.3 is 14.1 Å². The number of nitrogens with zero attached hydrogens (tertiary/aromatic N) is 3. The summed E-state index contributed by atoms with van der Waals surface area (Å²) in [5.41, 5.74) is 2.78. The van der Waals surface area contributed by atoms with Crippen LogP contribution in [0.25, 0.3) is 11.5 Å². The van der Waals surface area contributed by atoms with Crippen LogP contribution in [0, 0.1) is 0 Å². The molecule has 6 nitrogen and oxygen atoms in total. The van der Waals surface area contributed by atoms with Gasteiger partial charge in [0, 0.05) is 22.8 Å². The largest absolute Gasteiger partial charge is 0.469 e. The molecule has 1 aliphatic rings. The zero-order chi connectivity index (χ0) is 18.8. The number of ether oxygens (including phenoxy) is 1. The third-order valence-corrected chi connectivity index (χ3v) is 4.96. The monoisotopic (exact) mass is 383 g/mol. The van der Waals surface area contributed by atoms with Crippen molar-refractivity contribution >= 4 is 23.3 Å². The molecule has 27 heavy (non-hydrogen) atoms. The molecule has 0 radical (unpaired) electrons. The normalized spacial score (nSPS) is 16.1. The van der Waals surface area contributed by atoms with Gasteiger partial charge in [-0.2, -0.15) is 0 Å². The summed E-state index contributed by atoms with van der Waals surface area (Å²) in [6, 6.07) is 15.1. The van der Waals surface area contributed by atoms with Crippen molar-refractivity contribution < 1.29 is 13.9 Å². The van der Waals surface area contributed by atoms with Crippen molar-refractivity contribution in [2.45, 2.75) is 18.9 Å². The second-order valence-corrected chi connectivity index (χ2v) is 6.79. The van der Waals surface area contributed by atoms with E-state index in [9.17, 15) is 4.79 Å². The number of hydrogen-bond acceptors (Lipinski definition) is 6. The molecule has 4 rings (SSSR count). The molecule has 0 aliphatic carbocycles. The highest BCUT2D eigenvalue weighted by Gasteiger charge is 2.31. The maximum absolute atomic E-state index is 12.1. The predicted octanol–water partition coefficient (Wildman–Crippen LogP) is 4.06. The van der Waals surface area contributed by atoms with E-state index >= 15 is 0 Å². The van der Waals surface area contributed by atoms with Crippen LogP contribution in [0.2, 0.25) is 5.02 Å². The van der Waals surface area contributed by atoms with Crippen LogP contribution in [0.4, 0.5) is 5.69 Å². The average Bonchev–Trinajstić information content (AvgIpc) is 3.17. The molecule has 0 saturated heterocycles. The molecule has 1 aliphatic heterocycles. The Morgan fingerprint density at radius 3 is 2.78 bits per heavy atom. The number of benzene rings is 2. The van der Waals surface area contributed by atoms with Gasteiger partial charge in [0.25, 0.3) is 0 Å². The molecule has 7 heteroatoms. The molecule has 0 N–H and O–H groups in total. The summed E-state index contributed by atoms with van der Waals surface area (Å²) in [6.45, 7) is 1.18. The minimum absolute atomic E-state index is 0.204. The van der Waals surface area contributed by atoms with Gasteiger partial charge in [-0.15, -0.1) is 10.2 Å². The van der Waals surface area contributed by atoms with Crippen LogP contribution in [-0.2, 0) is 16.1 Å². The summed E-state index contributed by atoms with van der Waals surface area (Å²) in [4.78, 5) is 14.2. The van der Waals surface area contributed by atoms with E-state index in [0.29, 0.717) is 36.3 Å². The zero-order valence-corrected chi connectivity index (χ0v) is 15.5. The van der Waals surface area contributed by atoms with Gasteiger partial charge in [0.2, 0.25) is 11.8 Å². The first-order chi connectivity index (χ1) is 13.2. The minimum atomic E-state index is -0.241. The fourth-order valence-electron chi connectivity index (χ4n) is 3.37. The highest BCUT2D eigenvalue weighted by atomic mass is 35.5. The zero-order valence-electron chi connectivity index (χ0n) is 14.8. The maximum Gasteiger partial charge on any atom is 0.313 e. The van der Waals surface area contributed by atoms with E-state index in [1.54, 1.807) is 12.1 Å². The second-order valence-electron chi connectivity index (χ2n) is 6.35. The predicted molar refractivity (Wildman–Crippen MR) is 102 cm³/mol. The number of carbonyl (C=O) groups is 1. The topological polar surface area (TPSA) is 68.5 Å². The summed E-state index contributed by atoms with van der Waals surface area (Å²) in [7, 11) is 1.42. The molecule has 2 heterocycles.